The average molecular weight is 279 g/mol. The number of nitro groups is 1. The first kappa shape index (κ1) is 14.6. The summed E-state index contributed by atoms with van der Waals surface area (Å²) >= 11 is 0. The van der Waals surface area contributed by atoms with Gasteiger partial charge in [0.1, 0.15) is 11.4 Å². The Balaban J connectivity index is 2.23. The molecule has 0 saturated heterocycles. The Labute approximate surface area is 118 Å². The lowest BCUT2D eigenvalue weighted by Gasteiger charge is -2.32. The predicted octanol–water partition coefficient (Wildman–Crippen LogP) is 2.53. The maximum atomic E-state index is 11.1. The van der Waals surface area contributed by atoms with E-state index in [1.165, 1.54) is 12.5 Å². The topological polar surface area (TPSA) is 90.4 Å². The third kappa shape index (κ3) is 3.19. The number of nitrogens with two attached hydrogens (primary N) is 1. The molecule has 2 atom stereocenters. The number of nitrogens with zero attached hydrogens (tertiary/aromatic N) is 1. The minimum Gasteiger partial charge on any atom is -0.497 e. The lowest BCUT2D eigenvalue weighted by Crippen LogP contribution is -2.36. The van der Waals surface area contributed by atoms with Crippen molar-refractivity contribution in [2.45, 2.75) is 31.7 Å². The molecule has 0 aliphatic heterocycles. The van der Waals surface area contributed by atoms with Gasteiger partial charge in [0, 0.05) is 18.2 Å². The van der Waals surface area contributed by atoms with Gasteiger partial charge in [-0.15, -0.1) is 0 Å². The molecule has 1 aromatic rings. The lowest BCUT2D eigenvalue weighted by atomic mass is 9.84. The molecular weight excluding hydrogens is 258 g/mol. The van der Waals surface area contributed by atoms with Gasteiger partial charge in [-0.2, -0.15) is 0 Å². The molecule has 0 heterocycles. The second kappa shape index (κ2) is 6.56. The van der Waals surface area contributed by atoms with Gasteiger partial charge in [0.2, 0.25) is 0 Å². The predicted molar refractivity (Wildman–Crippen MR) is 78.1 cm³/mol. The van der Waals surface area contributed by atoms with E-state index < -0.39 is 0 Å². The first-order chi connectivity index (χ1) is 9.65. The van der Waals surface area contributed by atoms with Crippen molar-refractivity contribution in [2.75, 3.05) is 19.0 Å². The van der Waals surface area contributed by atoms with Crippen molar-refractivity contribution in [1.82, 2.24) is 0 Å². The summed E-state index contributed by atoms with van der Waals surface area (Å²) < 4.78 is 5.14. The normalized spacial score (nSPS) is 22.3. The Morgan fingerprint density at radius 1 is 1.45 bits per heavy atom. The third-order valence-corrected chi connectivity index (χ3v) is 3.95. The van der Waals surface area contributed by atoms with Gasteiger partial charge in [0.15, 0.2) is 0 Å². The first-order valence-corrected chi connectivity index (χ1v) is 6.94. The van der Waals surface area contributed by atoms with Crippen LogP contribution in [-0.2, 0) is 0 Å². The van der Waals surface area contributed by atoms with Crippen LogP contribution in [0.2, 0.25) is 0 Å². The number of hydrogen-bond donors (Lipinski definition) is 2. The molecule has 20 heavy (non-hydrogen) atoms. The van der Waals surface area contributed by atoms with Crippen molar-refractivity contribution in [2.24, 2.45) is 11.7 Å². The number of methoxy groups -OCH3 is 1. The van der Waals surface area contributed by atoms with E-state index in [-0.39, 0.29) is 16.7 Å². The van der Waals surface area contributed by atoms with Gasteiger partial charge < -0.3 is 15.8 Å². The van der Waals surface area contributed by atoms with Crippen molar-refractivity contribution < 1.29 is 9.66 Å². The number of rotatable bonds is 5. The summed E-state index contributed by atoms with van der Waals surface area (Å²) in [6.07, 6.45) is 4.38. The van der Waals surface area contributed by atoms with Crippen LogP contribution in [0.5, 0.6) is 5.75 Å². The molecule has 0 amide bonds. The van der Waals surface area contributed by atoms with E-state index in [0.29, 0.717) is 23.9 Å². The highest BCUT2D eigenvalue weighted by Crippen LogP contribution is 2.33. The molecule has 1 fully saturated rings. The molecule has 6 heteroatoms. The van der Waals surface area contributed by atoms with Crippen LogP contribution in [0.1, 0.15) is 25.7 Å². The Kier molecular flexibility index (Phi) is 4.79. The Hall–Kier alpha value is -1.82. The third-order valence-electron chi connectivity index (χ3n) is 3.95. The molecule has 110 valence electrons. The smallest absolute Gasteiger partial charge is 0.292 e. The number of anilines is 1. The maximum absolute atomic E-state index is 11.1. The minimum atomic E-state index is -0.373. The van der Waals surface area contributed by atoms with Gasteiger partial charge in [0.05, 0.1) is 12.0 Å². The summed E-state index contributed by atoms with van der Waals surface area (Å²) in [6.45, 7) is 0.607. The lowest BCUT2D eigenvalue weighted by molar-refractivity contribution is -0.384. The summed E-state index contributed by atoms with van der Waals surface area (Å²) in [5.41, 5.74) is 6.39. The Morgan fingerprint density at radius 2 is 2.20 bits per heavy atom. The van der Waals surface area contributed by atoms with Gasteiger partial charge in [-0.25, -0.2) is 0 Å². The molecule has 1 aliphatic carbocycles. The molecule has 0 aromatic heterocycles. The number of nitrogens with one attached hydrogen (secondary N) is 1. The summed E-state index contributed by atoms with van der Waals surface area (Å²) in [5, 5.41) is 14.4. The van der Waals surface area contributed by atoms with Crippen molar-refractivity contribution in [3.63, 3.8) is 0 Å². The monoisotopic (exact) mass is 279 g/mol. The van der Waals surface area contributed by atoms with E-state index in [4.69, 9.17) is 10.5 Å². The molecule has 6 nitrogen and oxygen atoms in total. The van der Waals surface area contributed by atoms with E-state index in [1.54, 1.807) is 19.2 Å². The van der Waals surface area contributed by atoms with Crippen LogP contribution in [0.4, 0.5) is 11.4 Å². The number of hydrogen-bond acceptors (Lipinski definition) is 5. The summed E-state index contributed by atoms with van der Waals surface area (Å²) in [5.74, 6) is 0.979. The maximum Gasteiger partial charge on any atom is 0.292 e. The van der Waals surface area contributed by atoms with Crippen LogP contribution < -0.4 is 15.8 Å². The second-order valence-electron chi connectivity index (χ2n) is 5.17. The largest absolute Gasteiger partial charge is 0.497 e. The quantitative estimate of drug-likeness (QED) is 0.638. The highest BCUT2D eigenvalue weighted by atomic mass is 16.6. The minimum absolute atomic E-state index is 0.0761. The zero-order chi connectivity index (χ0) is 14.5. The fourth-order valence-electron chi connectivity index (χ4n) is 2.80. The summed E-state index contributed by atoms with van der Waals surface area (Å²) in [7, 11) is 1.55. The van der Waals surface area contributed by atoms with Crippen molar-refractivity contribution in [3.05, 3.63) is 28.3 Å². The van der Waals surface area contributed by atoms with Crippen LogP contribution in [0.3, 0.4) is 0 Å². The van der Waals surface area contributed by atoms with Crippen LogP contribution in [0.25, 0.3) is 0 Å². The van der Waals surface area contributed by atoms with Crippen LogP contribution in [-0.4, -0.2) is 24.6 Å². The number of benzene rings is 1. The molecule has 2 rings (SSSR count). The zero-order valence-electron chi connectivity index (χ0n) is 11.7. The Bertz CT molecular complexity index is 479. The number of ether oxygens (including phenoxy) is 1. The molecule has 0 spiro atoms. The average Bonchev–Trinajstić information content (AvgIpc) is 2.47. The van der Waals surface area contributed by atoms with Crippen LogP contribution in [0.15, 0.2) is 18.2 Å². The van der Waals surface area contributed by atoms with Crippen molar-refractivity contribution in [1.29, 1.82) is 0 Å². The molecule has 1 aromatic carbocycles. The van der Waals surface area contributed by atoms with E-state index in [1.807, 2.05) is 0 Å². The van der Waals surface area contributed by atoms with Crippen molar-refractivity contribution >= 4 is 11.4 Å². The van der Waals surface area contributed by atoms with E-state index in [0.717, 1.165) is 19.3 Å². The van der Waals surface area contributed by atoms with Gasteiger partial charge >= 0.3 is 0 Å². The van der Waals surface area contributed by atoms with Gasteiger partial charge in [0.25, 0.3) is 5.69 Å². The van der Waals surface area contributed by atoms with Crippen LogP contribution in [0, 0.1) is 16.0 Å². The SMILES string of the molecule is COc1ccc([N+](=O)[O-])c(NC2CCCCC2CN)c1. The summed E-state index contributed by atoms with van der Waals surface area (Å²) in [6, 6.07) is 4.95. The molecule has 1 aliphatic rings. The molecule has 1 saturated carbocycles. The van der Waals surface area contributed by atoms with Crippen molar-refractivity contribution in [3.8, 4) is 5.75 Å². The van der Waals surface area contributed by atoms with E-state index in [2.05, 4.69) is 5.32 Å². The molecule has 0 radical (unpaired) electrons. The molecule has 0 bridgehead atoms. The van der Waals surface area contributed by atoms with Gasteiger partial charge in [-0.1, -0.05) is 12.8 Å². The van der Waals surface area contributed by atoms with Gasteiger partial charge in [-0.05, 0) is 31.4 Å². The first-order valence-electron chi connectivity index (χ1n) is 6.94. The fourth-order valence-corrected chi connectivity index (χ4v) is 2.80. The van der Waals surface area contributed by atoms with Gasteiger partial charge in [-0.3, -0.25) is 10.1 Å². The van der Waals surface area contributed by atoms with E-state index >= 15 is 0 Å². The fraction of sp³-hybridized carbons (Fsp3) is 0.571. The van der Waals surface area contributed by atoms with E-state index in [9.17, 15) is 10.1 Å². The summed E-state index contributed by atoms with van der Waals surface area (Å²) in [4.78, 5) is 10.7. The van der Waals surface area contributed by atoms with Crippen LogP contribution >= 0.6 is 0 Å². The highest BCUT2D eigenvalue weighted by molar-refractivity contribution is 5.64. The Morgan fingerprint density at radius 3 is 2.85 bits per heavy atom. The number of nitro benzene ring substituents is 1. The standard InChI is InChI=1S/C14H21N3O3/c1-20-11-6-7-14(17(18)19)13(8-11)16-12-5-3-2-4-10(12)9-15/h6-8,10,12,16H,2-5,9,15H2,1H3. The molecule has 2 unspecified atom stereocenters. The highest BCUT2D eigenvalue weighted by Gasteiger charge is 2.26. The second-order valence-corrected chi connectivity index (χ2v) is 5.17. The zero-order valence-corrected chi connectivity index (χ0v) is 11.7. The molecule has 3 N–H and O–H groups in total. The molecular formula is C14H21N3O3.